The molecule has 0 saturated heterocycles. The molecule has 0 unspecified atom stereocenters. The molecule has 0 N–H and O–H groups in total. The summed E-state index contributed by atoms with van der Waals surface area (Å²) < 4.78 is 15.0. The molecule has 4 rings (SSSR count). The summed E-state index contributed by atoms with van der Waals surface area (Å²) in [6.07, 6.45) is 0.383. The summed E-state index contributed by atoms with van der Waals surface area (Å²) in [6.45, 7) is 6.69. The number of aryl methyl sites for hydroxylation is 2. The second kappa shape index (κ2) is 7.58. The van der Waals surface area contributed by atoms with E-state index in [0.717, 1.165) is 33.2 Å². The van der Waals surface area contributed by atoms with Gasteiger partial charge in [-0.15, -0.1) is 5.10 Å². The first kappa shape index (κ1) is 19.0. The van der Waals surface area contributed by atoms with Crippen molar-refractivity contribution in [2.75, 3.05) is 0 Å². The highest BCUT2D eigenvalue weighted by molar-refractivity contribution is 5.86. The molecule has 0 spiro atoms. The molecule has 0 radical (unpaired) electrons. The predicted molar refractivity (Wildman–Crippen MR) is 109 cm³/mol. The van der Waals surface area contributed by atoms with E-state index in [1.165, 1.54) is 12.1 Å². The van der Waals surface area contributed by atoms with E-state index in [0.29, 0.717) is 25.2 Å². The van der Waals surface area contributed by atoms with E-state index in [2.05, 4.69) is 40.6 Å². The quantitative estimate of drug-likeness (QED) is 0.516. The average Bonchev–Trinajstić information content (AvgIpc) is 3.17. The van der Waals surface area contributed by atoms with Crippen molar-refractivity contribution in [2.24, 2.45) is 0 Å². The standard InChI is InChI=1S/C22H22FN5O/c1-4-20(29)27(12-16-5-7-19(23)8-6-16)13-18-11-17-10-14(2)9-15(3)21(17)28-22(18)24-25-26-28/h5-11H,4,12-13H2,1-3H3. The number of rotatable bonds is 5. The summed E-state index contributed by atoms with van der Waals surface area (Å²) in [6, 6.07) is 12.5. The minimum Gasteiger partial charge on any atom is -0.334 e. The number of amides is 1. The van der Waals surface area contributed by atoms with Gasteiger partial charge in [-0.25, -0.2) is 4.39 Å². The molecule has 0 atom stereocenters. The summed E-state index contributed by atoms with van der Waals surface area (Å²) in [5, 5.41) is 13.3. The lowest BCUT2D eigenvalue weighted by Gasteiger charge is -2.23. The van der Waals surface area contributed by atoms with Gasteiger partial charge in [-0.3, -0.25) is 4.79 Å². The maximum absolute atomic E-state index is 13.2. The molecule has 148 valence electrons. The molecule has 29 heavy (non-hydrogen) atoms. The van der Waals surface area contributed by atoms with Crippen LogP contribution in [0.15, 0.2) is 42.5 Å². The Morgan fingerprint density at radius 3 is 2.59 bits per heavy atom. The molecule has 2 heterocycles. The maximum atomic E-state index is 13.2. The van der Waals surface area contributed by atoms with Crippen LogP contribution >= 0.6 is 0 Å². The smallest absolute Gasteiger partial charge is 0.222 e. The van der Waals surface area contributed by atoms with Gasteiger partial charge in [-0.1, -0.05) is 30.7 Å². The highest BCUT2D eigenvalue weighted by atomic mass is 19.1. The Morgan fingerprint density at radius 1 is 1.10 bits per heavy atom. The van der Waals surface area contributed by atoms with E-state index in [4.69, 9.17) is 0 Å². The first-order valence-corrected chi connectivity index (χ1v) is 9.59. The third-order valence-corrected chi connectivity index (χ3v) is 5.08. The van der Waals surface area contributed by atoms with Crippen molar-refractivity contribution < 1.29 is 9.18 Å². The third kappa shape index (κ3) is 3.68. The topological polar surface area (TPSA) is 63.4 Å². The first-order valence-electron chi connectivity index (χ1n) is 9.59. The molecule has 0 aliphatic heterocycles. The summed E-state index contributed by atoms with van der Waals surface area (Å²) in [5.41, 5.74) is 5.59. The third-order valence-electron chi connectivity index (χ3n) is 5.08. The van der Waals surface area contributed by atoms with Gasteiger partial charge in [-0.2, -0.15) is 4.52 Å². The second-order valence-corrected chi connectivity index (χ2v) is 7.33. The van der Waals surface area contributed by atoms with Crippen molar-refractivity contribution in [1.82, 2.24) is 24.9 Å². The van der Waals surface area contributed by atoms with Crippen LogP contribution in [0, 0.1) is 19.7 Å². The van der Waals surface area contributed by atoms with Crippen molar-refractivity contribution in [3.63, 3.8) is 0 Å². The number of pyridine rings is 1. The molecule has 6 nitrogen and oxygen atoms in total. The molecule has 1 amide bonds. The minimum atomic E-state index is -0.293. The average molecular weight is 391 g/mol. The van der Waals surface area contributed by atoms with Crippen LogP contribution in [0.5, 0.6) is 0 Å². The second-order valence-electron chi connectivity index (χ2n) is 7.33. The fourth-order valence-corrected chi connectivity index (χ4v) is 3.77. The number of carbonyl (C=O) groups excluding carboxylic acids is 1. The van der Waals surface area contributed by atoms with Crippen LogP contribution in [0.2, 0.25) is 0 Å². The van der Waals surface area contributed by atoms with Gasteiger partial charge in [0.05, 0.1) is 5.52 Å². The number of fused-ring (bicyclic) bond motifs is 3. The van der Waals surface area contributed by atoms with Crippen LogP contribution in [0.3, 0.4) is 0 Å². The zero-order chi connectivity index (χ0) is 20.5. The lowest BCUT2D eigenvalue weighted by molar-refractivity contribution is -0.132. The van der Waals surface area contributed by atoms with E-state index < -0.39 is 0 Å². The summed E-state index contributed by atoms with van der Waals surface area (Å²) >= 11 is 0. The Balaban J connectivity index is 1.77. The van der Waals surface area contributed by atoms with Gasteiger partial charge in [0.25, 0.3) is 0 Å². The molecule has 0 aliphatic carbocycles. The summed E-state index contributed by atoms with van der Waals surface area (Å²) in [4.78, 5) is 14.4. The molecular weight excluding hydrogens is 369 g/mol. The molecule has 0 bridgehead atoms. The Morgan fingerprint density at radius 2 is 1.86 bits per heavy atom. The Hall–Kier alpha value is -3.35. The van der Waals surface area contributed by atoms with Crippen molar-refractivity contribution >= 4 is 22.5 Å². The molecule has 0 saturated carbocycles. The molecule has 2 aromatic heterocycles. The number of carbonyl (C=O) groups is 1. The van der Waals surface area contributed by atoms with Gasteiger partial charge in [0.2, 0.25) is 5.91 Å². The lowest BCUT2D eigenvalue weighted by Crippen LogP contribution is -2.29. The Kier molecular flexibility index (Phi) is 4.96. The van der Waals surface area contributed by atoms with Crippen LogP contribution in [-0.2, 0) is 17.9 Å². The van der Waals surface area contributed by atoms with Crippen LogP contribution < -0.4 is 0 Å². The largest absolute Gasteiger partial charge is 0.334 e. The van der Waals surface area contributed by atoms with Gasteiger partial charge < -0.3 is 4.90 Å². The normalized spacial score (nSPS) is 11.3. The molecule has 7 heteroatoms. The number of hydrogen-bond donors (Lipinski definition) is 0. The molecule has 2 aromatic carbocycles. The molecule has 0 fully saturated rings. The zero-order valence-electron chi connectivity index (χ0n) is 16.7. The highest BCUT2D eigenvalue weighted by Gasteiger charge is 2.18. The highest BCUT2D eigenvalue weighted by Crippen LogP contribution is 2.25. The summed E-state index contributed by atoms with van der Waals surface area (Å²) in [5.74, 6) is -0.279. The minimum absolute atomic E-state index is 0.0143. The number of tetrazole rings is 1. The van der Waals surface area contributed by atoms with Crippen LogP contribution in [-0.4, -0.2) is 30.8 Å². The van der Waals surface area contributed by atoms with Crippen LogP contribution in [0.4, 0.5) is 4.39 Å². The number of hydrogen-bond acceptors (Lipinski definition) is 4. The monoisotopic (exact) mass is 391 g/mol. The number of benzene rings is 2. The van der Waals surface area contributed by atoms with Crippen LogP contribution in [0.1, 0.15) is 35.6 Å². The molecule has 4 aromatic rings. The van der Waals surface area contributed by atoms with Crippen molar-refractivity contribution in [1.29, 1.82) is 0 Å². The van der Waals surface area contributed by atoms with E-state index in [-0.39, 0.29) is 11.7 Å². The molecule has 0 aliphatic rings. The maximum Gasteiger partial charge on any atom is 0.222 e. The van der Waals surface area contributed by atoms with Crippen molar-refractivity contribution in [3.05, 3.63) is 70.5 Å². The van der Waals surface area contributed by atoms with Gasteiger partial charge in [0, 0.05) is 30.5 Å². The van der Waals surface area contributed by atoms with Crippen molar-refractivity contribution in [3.8, 4) is 0 Å². The van der Waals surface area contributed by atoms with E-state index in [1.807, 2.05) is 13.8 Å². The van der Waals surface area contributed by atoms with Gasteiger partial charge in [0.1, 0.15) is 5.82 Å². The predicted octanol–water partition coefficient (Wildman–Crippen LogP) is 3.97. The number of aromatic nitrogens is 4. The fourth-order valence-electron chi connectivity index (χ4n) is 3.77. The summed E-state index contributed by atoms with van der Waals surface area (Å²) in [7, 11) is 0. The van der Waals surface area contributed by atoms with Gasteiger partial charge in [-0.05, 0) is 59.7 Å². The van der Waals surface area contributed by atoms with E-state index in [9.17, 15) is 9.18 Å². The SMILES string of the molecule is CCC(=O)N(Cc1ccc(F)cc1)Cc1cc2cc(C)cc(C)c2n2nnnc12. The van der Waals surface area contributed by atoms with E-state index in [1.54, 1.807) is 21.5 Å². The van der Waals surface area contributed by atoms with Crippen LogP contribution in [0.25, 0.3) is 16.6 Å². The number of halogens is 1. The Bertz CT molecular complexity index is 1200. The fraction of sp³-hybridized carbons (Fsp3) is 0.273. The Labute approximate surface area is 167 Å². The van der Waals surface area contributed by atoms with Crippen molar-refractivity contribution in [2.45, 2.75) is 40.3 Å². The van der Waals surface area contributed by atoms with Gasteiger partial charge in [0.15, 0.2) is 5.65 Å². The first-order chi connectivity index (χ1) is 14.0. The van der Waals surface area contributed by atoms with Gasteiger partial charge >= 0.3 is 0 Å². The zero-order valence-corrected chi connectivity index (χ0v) is 16.7. The molecular formula is C22H22FN5O. The lowest BCUT2D eigenvalue weighted by atomic mass is 10.0. The van der Waals surface area contributed by atoms with E-state index >= 15 is 0 Å². The number of nitrogens with zero attached hydrogens (tertiary/aromatic N) is 5.